The molecule has 0 saturated heterocycles. The van der Waals surface area contributed by atoms with E-state index in [1.54, 1.807) is 35.2 Å². The molecule has 42 heavy (non-hydrogen) atoms. The molecule has 7 nitrogen and oxygen atoms in total. The van der Waals surface area contributed by atoms with E-state index in [9.17, 15) is 18.0 Å². The molecule has 0 unspecified atom stereocenters. The summed E-state index contributed by atoms with van der Waals surface area (Å²) in [6.07, 6.45) is 5.61. The third-order valence-corrected chi connectivity index (χ3v) is 9.83. The highest BCUT2D eigenvalue weighted by Gasteiger charge is 2.34. The number of hydrogen-bond acceptors (Lipinski definition) is 4. The van der Waals surface area contributed by atoms with Crippen molar-refractivity contribution < 1.29 is 18.0 Å². The van der Waals surface area contributed by atoms with Gasteiger partial charge in [0.1, 0.15) is 12.6 Å². The molecule has 3 aromatic carbocycles. The number of anilines is 1. The molecule has 2 amide bonds. The van der Waals surface area contributed by atoms with Gasteiger partial charge >= 0.3 is 0 Å². The van der Waals surface area contributed by atoms with Crippen LogP contribution in [0, 0.1) is 20.8 Å². The zero-order valence-electron chi connectivity index (χ0n) is 25.2. The lowest BCUT2D eigenvalue weighted by atomic mass is 9.95. The molecule has 0 aromatic heterocycles. The Balaban J connectivity index is 1.73. The fourth-order valence-electron chi connectivity index (χ4n) is 5.78. The van der Waals surface area contributed by atoms with Crippen LogP contribution in [0.1, 0.15) is 67.7 Å². The Morgan fingerprint density at radius 1 is 0.881 bits per heavy atom. The average Bonchev–Trinajstić information content (AvgIpc) is 2.97. The van der Waals surface area contributed by atoms with E-state index < -0.39 is 28.5 Å². The van der Waals surface area contributed by atoms with Gasteiger partial charge in [-0.1, -0.05) is 74.7 Å². The summed E-state index contributed by atoms with van der Waals surface area (Å²) in [5.41, 5.74) is 4.11. The highest BCUT2D eigenvalue weighted by molar-refractivity contribution is 7.92. The van der Waals surface area contributed by atoms with Crippen LogP contribution in [0.2, 0.25) is 0 Å². The summed E-state index contributed by atoms with van der Waals surface area (Å²) < 4.78 is 29.3. The highest BCUT2D eigenvalue weighted by atomic mass is 32.2. The highest BCUT2D eigenvalue weighted by Crippen LogP contribution is 2.27. The fraction of sp³-hybridized carbons (Fsp3) is 0.412. The molecule has 1 saturated carbocycles. The number of aryl methyl sites for hydroxylation is 3. The Bertz CT molecular complexity index is 1460. The maximum absolute atomic E-state index is 14.3. The van der Waals surface area contributed by atoms with Gasteiger partial charge in [-0.2, -0.15) is 0 Å². The topological polar surface area (TPSA) is 86.8 Å². The number of benzene rings is 3. The molecule has 0 heterocycles. The van der Waals surface area contributed by atoms with Gasteiger partial charge in [-0.15, -0.1) is 0 Å². The first-order valence-corrected chi connectivity index (χ1v) is 16.3. The molecule has 1 fully saturated rings. The minimum atomic E-state index is -4.09. The SMILES string of the molecule is CC[C@@H](C(=O)NC1CCCCC1)N(Cc1ccccc1C)C(=O)CN(c1cc(C)cc(C)c1)S(=O)(=O)c1ccccc1. The Morgan fingerprint density at radius 2 is 1.50 bits per heavy atom. The molecule has 224 valence electrons. The van der Waals surface area contributed by atoms with Crippen molar-refractivity contribution in [2.24, 2.45) is 0 Å². The first kappa shape index (κ1) is 31.3. The zero-order valence-corrected chi connectivity index (χ0v) is 26.0. The summed E-state index contributed by atoms with van der Waals surface area (Å²) in [6, 6.07) is 20.8. The van der Waals surface area contributed by atoms with Crippen molar-refractivity contribution in [3.8, 4) is 0 Å². The van der Waals surface area contributed by atoms with Gasteiger partial charge in [0.2, 0.25) is 11.8 Å². The smallest absolute Gasteiger partial charge is 0.264 e. The zero-order chi connectivity index (χ0) is 30.3. The van der Waals surface area contributed by atoms with Crippen molar-refractivity contribution in [1.82, 2.24) is 10.2 Å². The Morgan fingerprint density at radius 3 is 2.12 bits per heavy atom. The van der Waals surface area contributed by atoms with Crippen molar-refractivity contribution in [3.63, 3.8) is 0 Å². The molecule has 8 heteroatoms. The van der Waals surface area contributed by atoms with Gasteiger partial charge in [0.25, 0.3) is 10.0 Å². The summed E-state index contributed by atoms with van der Waals surface area (Å²) in [4.78, 5) is 29.7. The van der Waals surface area contributed by atoms with Crippen molar-refractivity contribution in [1.29, 1.82) is 0 Å². The average molecular weight is 590 g/mol. The molecule has 4 rings (SSSR count). The maximum Gasteiger partial charge on any atom is 0.264 e. The molecule has 0 aliphatic heterocycles. The van der Waals surface area contributed by atoms with Crippen molar-refractivity contribution >= 4 is 27.5 Å². The summed E-state index contributed by atoms with van der Waals surface area (Å²) >= 11 is 0. The lowest BCUT2D eigenvalue weighted by Gasteiger charge is -2.35. The van der Waals surface area contributed by atoms with Gasteiger partial charge < -0.3 is 10.2 Å². The summed E-state index contributed by atoms with van der Waals surface area (Å²) in [5.74, 6) is -0.613. The molecule has 1 aliphatic rings. The largest absolute Gasteiger partial charge is 0.352 e. The Hall–Kier alpha value is -3.65. The van der Waals surface area contributed by atoms with E-state index >= 15 is 0 Å². The van der Waals surface area contributed by atoms with E-state index in [0.29, 0.717) is 12.1 Å². The number of carbonyl (C=O) groups excluding carboxylic acids is 2. The summed E-state index contributed by atoms with van der Waals surface area (Å²) in [6.45, 7) is 7.44. The van der Waals surface area contributed by atoms with E-state index in [1.807, 2.05) is 58.0 Å². The molecule has 0 bridgehead atoms. The van der Waals surface area contributed by atoms with Crippen LogP contribution < -0.4 is 9.62 Å². The van der Waals surface area contributed by atoms with Crippen LogP contribution in [0.3, 0.4) is 0 Å². The minimum absolute atomic E-state index is 0.0981. The Labute approximate surface area is 251 Å². The van der Waals surface area contributed by atoms with Crippen LogP contribution in [0.15, 0.2) is 77.7 Å². The van der Waals surface area contributed by atoms with Crippen LogP contribution in [-0.4, -0.2) is 43.8 Å². The van der Waals surface area contributed by atoms with Crippen molar-refractivity contribution in [2.45, 2.75) is 89.7 Å². The number of rotatable bonds is 11. The normalized spacial score (nSPS) is 14.7. The van der Waals surface area contributed by atoms with Crippen LogP contribution in [0.4, 0.5) is 5.69 Å². The predicted molar refractivity (Wildman–Crippen MR) is 168 cm³/mol. The van der Waals surface area contributed by atoms with Crippen molar-refractivity contribution in [2.75, 3.05) is 10.8 Å². The van der Waals surface area contributed by atoms with Crippen LogP contribution in [0.25, 0.3) is 0 Å². The Kier molecular flexibility index (Phi) is 10.4. The lowest BCUT2D eigenvalue weighted by molar-refractivity contribution is -0.140. The third-order valence-electron chi connectivity index (χ3n) is 8.04. The molecule has 1 N–H and O–H groups in total. The number of carbonyl (C=O) groups is 2. The van der Waals surface area contributed by atoms with Gasteiger partial charge in [0.15, 0.2) is 0 Å². The standard InChI is InChI=1S/C34H43N3O4S/c1-5-32(34(39)35-29-16-8-6-9-17-29)36(23-28-15-13-12-14-27(28)4)33(38)24-37(30-21-25(2)20-26(3)22-30)42(40,41)31-18-10-7-11-19-31/h7,10-15,18-22,29,32H,5-6,8-9,16-17,23-24H2,1-4H3,(H,35,39)/t32-/m0/s1. The van der Waals surface area contributed by atoms with E-state index in [2.05, 4.69) is 5.32 Å². The van der Waals surface area contributed by atoms with E-state index in [4.69, 9.17) is 0 Å². The molecular formula is C34H43N3O4S. The maximum atomic E-state index is 14.3. The van der Waals surface area contributed by atoms with Gasteiger partial charge in [-0.05, 0) is 86.6 Å². The van der Waals surface area contributed by atoms with Crippen LogP contribution in [-0.2, 0) is 26.2 Å². The fourth-order valence-corrected chi connectivity index (χ4v) is 7.20. The first-order valence-electron chi connectivity index (χ1n) is 14.9. The van der Waals surface area contributed by atoms with E-state index in [0.717, 1.165) is 47.9 Å². The monoisotopic (exact) mass is 589 g/mol. The van der Waals surface area contributed by atoms with Gasteiger partial charge in [0.05, 0.1) is 10.6 Å². The van der Waals surface area contributed by atoms with Gasteiger partial charge in [-0.25, -0.2) is 8.42 Å². The molecule has 1 atom stereocenters. The molecule has 3 aromatic rings. The number of amides is 2. The van der Waals surface area contributed by atoms with Crippen LogP contribution >= 0.6 is 0 Å². The summed E-state index contributed by atoms with van der Waals surface area (Å²) in [7, 11) is -4.09. The van der Waals surface area contributed by atoms with Gasteiger partial charge in [-0.3, -0.25) is 13.9 Å². The molecular weight excluding hydrogens is 546 g/mol. The first-order chi connectivity index (χ1) is 20.1. The minimum Gasteiger partial charge on any atom is -0.352 e. The van der Waals surface area contributed by atoms with Crippen molar-refractivity contribution in [3.05, 3.63) is 95.1 Å². The summed E-state index contributed by atoms with van der Waals surface area (Å²) in [5, 5.41) is 3.20. The van der Waals surface area contributed by atoms with E-state index in [1.165, 1.54) is 22.9 Å². The molecule has 1 aliphatic carbocycles. The third kappa shape index (κ3) is 7.59. The molecule has 0 spiro atoms. The second-order valence-corrected chi connectivity index (χ2v) is 13.2. The second kappa shape index (κ2) is 14.0. The molecule has 0 radical (unpaired) electrons. The second-order valence-electron chi connectivity index (χ2n) is 11.4. The number of hydrogen-bond donors (Lipinski definition) is 1. The van der Waals surface area contributed by atoms with Gasteiger partial charge in [0, 0.05) is 12.6 Å². The van der Waals surface area contributed by atoms with Crippen LogP contribution in [0.5, 0.6) is 0 Å². The van der Waals surface area contributed by atoms with E-state index in [-0.39, 0.29) is 23.4 Å². The number of nitrogens with zero attached hydrogens (tertiary/aromatic N) is 2. The number of nitrogens with one attached hydrogen (secondary N) is 1. The quantitative estimate of drug-likeness (QED) is 0.294. The lowest BCUT2D eigenvalue weighted by Crippen LogP contribution is -2.54. The predicted octanol–water partition coefficient (Wildman–Crippen LogP) is 6.06. The number of sulfonamides is 1.